The number of para-hydroxylation sites is 3. The molecule has 3 aliphatic heterocycles. The van der Waals surface area contributed by atoms with Gasteiger partial charge >= 0.3 is 0 Å². The molecule has 4 heteroatoms. The zero-order chi connectivity index (χ0) is 23.6. The number of fused-ring (bicyclic) bond motifs is 5. The van der Waals surface area contributed by atoms with Gasteiger partial charge in [-0.3, -0.25) is 0 Å². The van der Waals surface area contributed by atoms with Crippen LogP contribution >= 0.6 is 11.8 Å². The minimum Gasteiger partial charge on any atom is -0.314 e. The van der Waals surface area contributed by atoms with E-state index in [-0.39, 0.29) is 6.71 Å². The van der Waals surface area contributed by atoms with Crippen LogP contribution in [0.3, 0.4) is 0 Å². The molecule has 2 unspecified atom stereocenters. The fraction of sp³-hybridized carbons (Fsp3) is 0.0625. The molecular weight excluding hydrogens is 455 g/mol. The second-order valence-corrected chi connectivity index (χ2v) is 10.9. The second kappa shape index (κ2) is 7.81. The minimum absolute atomic E-state index is 0.236. The SMILES string of the molecule is C1=CC2SC3=C(C2C=C1)N(c1ccccc1)c1cccc2c1B3c1ccccc1N2c1ccccc1. The van der Waals surface area contributed by atoms with Crippen molar-refractivity contribution in [1.29, 1.82) is 0 Å². The summed E-state index contributed by atoms with van der Waals surface area (Å²) in [6.07, 6.45) is 9.21. The van der Waals surface area contributed by atoms with Crippen LogP contribution in [0.15, 0.2) is 138 Å². The van der Waals surface area contributed by atoms with Crippen LogP contribution in [0.1, 0.15) is 0 Å². The molecule has 4 aromatic rings. The summed E-state index contributed by atoms with van der Waals surface area (Å²) in [7, 11) is 0. The molecule has 0 saturated carbocycles. The number of anilines is 5. The van der Waals surface area contributed by atoms with E-state index in [1.54, 1.807) is 0 Å². The van der Waals surface area contributed by atoms with Gasteiger partial charge in [-0.15, -0.1) is 11.8 Å². The molecule has 4 aromatic carbocycles. The van der Waals surface area contributed by atoms with Crippen molar-refractivity contribution in [2.75, 3.05) is 9.80 Å². The number of rotatable bonds is 2. The lowest BCUT2D eigenvalue weighted by molar-refractivity contribution is 0.775. The largest absolute Gasteiger partial charge is 0.314 e. The van der Waals surface area contributed by atoms with Crippen molar-refractivity contribution in [3.05, 3.63) is 138 Å². The van der Waals surface area contributed by atoms with Crippen LogP contribution in [-0.4, -0.2) is 12.0 Å². The topological polar surface area (TPSA) is 6.48 Å². The van der Waals surface area contributed by atoms with Crippen molar-refractivity contribution in [2.24, 2.45) is 5.92 Å². The number of allylic oxidation sites excluding steroid dienone is 3. The zero-order valence-corrected chi connectivity index (χ0v) is 20.5. The van der Waals surface area contributed by atoms with E-state index in [1.807, 2.05) is 0 Å². The third kappa shape index (κ3) is 2.76. The second-order valence-electron chi connectivity index (χ2n) is 9.67. The maximum atomic E-state index is 2.54. The molecule has 0 fully saturated rings. The van der Waals surface area contributed by atoms with Gasteiger partial charge in [-0.2, -0.15) is 0 Å². The molecule has 0 N–H and O–H groups in total. The molecule has 4 aliphatic rings. The number of thioether (sulfide) groups is 1. The number of hydrogen-bond donors (Lipinski definition) is 0. The Morgan fingerprint density at radius 1 is 0.583 bits per heavy atom. The molecule has 0 radical (unpaired) electrons. The summed E-state index contributed by atoms with van der Waals surface area (Å²) in [6.45, 7) is 0.236. The standard InChI is InChI=1S/C32H23BN2S/c1-3-12-22(13-4-1)34-26-18-9-8-17-25(26)33-30-27(34)19-11-20-28(30)35(23-14-5-2-6-15-23)31-24-16-7-10-21-29(24)36-32(31)33/h1-21,24,29H. The Hall–Kier alpha value is -3.89. The van der Waals surface area contributed by atoms with Gasteiger partial charge in [0.2, 0.25) is 0 Å². The first-order valence-corrected chi connectivity index (χ1v) is 13.5. The number of nitrogens with zero attached hydrogens (tertiary/aromatic N) is 2. The van der Waals surface area contributed by atoms with Gasteiger partial charge < -0.3 is 9.80 Å². The van der Waals surface area contributed by atoms with Crippen LogP contribution < -0.4 is 20.7 Å². The van der Waals surface area contributed by atoms with E-state index in [2.05, 4.69) is 149 Å². The Morgan fingerprint density at radius 3 is 1.97 bits per heavy atom. The highest BCUT2D eigenvalue weighted by atomic mass is 32.2. The molecule has 0 bridgehead atoms. The highest BCUT2D eigenvalue weighted by Crippen LogP contribution is 2.54. The Morgan fingerprint density at radius 2 is 1.19 bits per heavy atom. The maximum Gasteiger partial charge on any atom is 0.259 e. The third-order valence-corrected chi connectivity index (χ3v) is 9.19. The van der Waals surface area contributed by atoms with Gasteiger partial charge in [0.25, 0.3) is 6.71 Å². The van der Waals surface area contributed by atoms with Gasteiger partial charge in [0.05, 0.1) is 0 Å². The molecular formula is C32H23BN2S. The van der Waals surface area contributed by atoms with Crippen LogP contribution in [0.4, 0.5) is 28.4 Å². The van der Waals surface area contributed by atoms with Gasteiger partial charge in [0, 0.05) is 45.3 Å². The van der Waals surface area contributed by atoms with Crippen molar-refractivity contribution in [2.45, 2.75) is 5.25 Å². The fourth-order valence-electron chi connectivity index (χ4n) is 6.35. The molecule has 1 aliphatic carbocycles. The van der Waals surface area contributed by atoms with Crippen molar-refractivity contribution in [1.82, 2.24) is 0 Å². The van der Waals surface area contributed by atoms with Gasteiger partial charge in [-0.1, -0.05) is 85.0 Å². The van der Waals surface area contributed by atoms with Crippen LogP contribution in [0.25, 0.3) is 0 Å². The van der Waals surface area contributed by atoms with E-state index in [1.165, 1.54) is 49.9 Å². The first-order valence-electron chi connectivity index (χ1n) is 12.6. The Balaban J connectivity index is 1.45. The average molecular weight is 478 g/mol. The first kappa shape index (κ1) is 20.3. The summed E-state index contributed by atoms with van der Waals surface area (Å²) in [5.74, 6) is 0.367. The van der Waals surface area contributed by atoms with Gasteiger partial charge in [-0.25, -0.2) is 0 Å². The van der Waals surface area contributed by atoms with Gasteiger partial charge in [-0.05, 0) is 58.2 Å². The quantitative estimate of drug-likeness (QED) is 0.291. The summed E-state index contributed by atoms with van der Waals surface area (Å²) in [5.41, 5.74) is 10.5. The number of hydrogen-bond acceptors (Lipinski definition) is 3. The van der Waals surface area contributed by atoms with Crippen molar-refractivity contribution in [3.8, 4) is 0 Å². The predicted molar refractivity (Wildman–Crippen MR) is 155 cm³/mol. The first-order chi connectivity index (χ1) is 17.9. The summed E-state index contributed by atoms with van der Waals surface area (Å²) in [6, 6.07) is 37.5. The lowest BCUT2D eigenvalue weighted by Gasteiger charge is -2.44. The highest BCUT2D eigenvalue weighted by molar-refractivity contribution is 8.06. The lowest BCUT2D eigenvalue weighted by Crippen LogP contribution is -2.55. The normalized spacial score (nSPS) is 20.7. The van der Waals surface area contributed by atoms with E-state index >= 15 is 0 Å². The third-order valence-electron chi connectivity index (χ3n) is 7.77. The summed E-state index contributed by atoms with van der Waals surface area (Å²) in [5, 5.41) is 0.434. The molecule has 170 valence electrons. The van der Waals surface area contributed by atoms with Crippen LogP contribution in [-0.2, 0) is 0 Å². The predicted octanol–water partition coefficient (Wildman–Crippen LogP) is 6.84. The zero-order valence-electron chi connectivity index (χ0n) is 19.7. The van der Waals surface area contributed by atoms with Crippen LogP contribution in [0, 0.1) is 5.92 Å². The van der Waals surface area contributed by atoms with Gasteiger partial charge in [0.1, 0.15) is 0 Å². The summed E-state index contributed by atoms with van der Waals surface area (Å²) < 4.78 is 0. The van der Waals surface area contributed by atoms with Crippen molar-refractivity contribution >= 4 is 57.8 Å². The molecule has 0 saturated heterocycles. The van der Waals surface area contributed by atoms with Crippen molar-refractivity contribution in [3.63, 3.8) is 0 Å². The molecule has 0 spiro atoms. The fourth-order valence-corrected chi connectivity index (χ4v) is 7.91. The lowest BCUT2D eigenvalue weighted by atomic mass is 9.36. The molecule has 2 atom stereocenters. The Kier molecular flexibility index (Phi) is 4.41. The molecule has 0 amide bonds. The summed E-state index contributed by atoms with van der Waals surface area (Å²) >= 11 is 2.06. The highest BCUT2D eigenvalue weighted by Gasteiger charge is 2.50. The van der Waals surface area contributed by atoms with E-state index in [0.29, 0.717) is 11.2 Å². The van der Waals surface area contributed by atoms with E-state index in [9.17, 15) is 0 Å². The molecule has 0 aromatic heterocycles. The monoisotopic (exact) mass is 478 g/mol. The molecule has 3 heterocycles. The van der Waals surface area contributed by atoms with Gasteiger partial charge in [0.15, 0.2) is 0 Å². The molecule has 2 nitrogen and oxygen atoms in total. The van der Waals surface area contributed by atoms with Crippen molar-refractivity contribution < 1.29 is 0 Å². The maximum absolute atomic E-state index is 2.54. The van der Waals surface area contributed by atoms with E-state index in [0.717, 1.165) is 0 Å². The minimum atomic E-state index is 0.236. The average Bonchev–Trinajstić information content (AvgIpc) is 3.33. The van der Waals surface area contributed by atoms with E-state index in [4.69, 9.17) is 0 Å². The van der Waals surface area contributed by atoms with E-state index < -0.39 is 0 Å². The van der Waals surface area contributed by atoms with Crippen LogP contribution in [0.2, 0.25) is 0 Å². The molecule has 36 heavy (non-hydrogen) atoms. The summed E-state index contributed by atoms with van der Waals surface area (Å²) in [4.78, 5) is 6.49. The molecule has 8 rings (SSSR count). The van der Waals surface area contributed by atoms with Crippen LogP contribution in [0.5, 0.6) is 0 Å². The smallest absolute Gasteiger partial charge is 0.259 e. The number of benzene rings is 4. The Labute approximate surface area is 216 Å². The Bertz CT molecular complexity index is 1590.